The average molecular weight is 293 g/mol. The molecular formula is C12H11N3O4S. The predicted molar refractivity (Wildman–Crippen MR) is 71.4 cm³/mol. The number of aromatic nitrogens is 1. The SMILES string of the molecule is O=[N+]([O-])c1ccc(S(=O)(=O)NCc2ccncc2)cc1. The summed E-state index contributed by atoms with van der Waals surface area (Å²) >= 11 is 0. The van der Waals surface area contributed by atoms with Crippen molar-refractivity contribution in [1.29, 1.82) is 0 Å². The molecule has 1 heterocycles. The first kappa shape index (κ1) is 14.1. The third-order valence-corrected chi connectivity index (χ3v) is 3.99. The fourth-order valence-corrected chi connectivity index (χ4v) is 2.53. The van der Waals surface area contributed by atoms with Crippen molar-refractivity contribution in [3.63, 3.8) is 0 Å². The van der Waals surface area contributed by atoms with E-state index in [0.29, 0.717) is 0 Å². The summed E-state index contributed by atoms with van der Waals surface area (Å²) in [5, 5.41) is 10.5. The van der Waals surface area contributed by atoms with Crippen LogP contribution in [0.15, 0.2) is 53.7 Å². The van der Waals surface area contributed by atoms with Gasteiger partial charge in [-0.2, -0.15) is 0 Å². The van der Waals surface area contributed by atoms with E-state index < -0.39 is 14.9 Å². The molecule has 0 aliphatic carbocycles. The van der Waals surface area contributed by atoms with Crippen molar-refractivity contribution >= 4 is 15.7 Å². The number of benzene rings is 1. The Kier molecular flexibility index (Phi) is 4.06. The van der Waals surface area contributed by atoms with E-state index in [-0.39, 0.29) is 17.1 Å². The van der Waals surface area contributed by atoms with Crippen LogP contribution < -0.4 is 4.72 Å². The van der Waals surface area contributed by atoms with E-state index in [4.69, 9.17) is 0 Å². The smallest absolute Gasteiger partial charge is 0.265 e. The van der Waals surface area contributed by atoms with Crippen LogP contribution in [0.25, 0.3) is 0 Å². The van der Waals surface area contributed by atoms with E-state index in [1.807, 2.05) is 0 Å². The Labute approximate surface area is 115 Å². The molecule has 2 rings (SSSR count). The molecule has 104 valence electrons. The molecule has 0 bridgehead atoms. The lowest BCUT2D eigenvalue weighted by molar-refractivity contribution is -0.384. The number of rotatable bonds is 5. The number of non-ortho nitro benzene ring substituents is 1. The summed E-state index contributed by atoms with van der Waals surface area (Å²) in [7, 11) is -3.69. The normalized spacial score (nSPS) is 11.2. The number of nitrogens with one attached hydrogen (secondary N) is 1. The fourth-order valence-electron chi connectivity index (χ4n) is 1.51. The minimum atomic E-state index is -3.69. The quantitative estimate of drug-likeness (QED) is 0.664. The second-order valence-corrected chi connectivity index (χ2v) is 5.70. The highest BCUT2D eigenvalue weighted by atomic mass is 32.2. The maximum absolute atomic E-state index is 12.0. The van der Waals surface area contributed by atoms with E-state index in [9.17, 15) is 18.5 Å². The Morgan fingerprint density at radius 1 is 1.10 bits per heavy atom. The van der Waals surface area contributed by atoms with Gasteiger partial charge >= 0.3 is 0 Å². The van der Waals surface area contributed by atoms with Gasteiger partial charge < -0.3 is 0 Å². The van der Waals surface area contributed by atoms with Crippen molar-refractivity contribution in [2.24, 2.45) is 0 Å². The zero-order valence-corrected chi connectivity index (χ0v) is 11.1. The van der Waals surface area contributed by atoms with Crippen LogP contribution in [0.3, 0.4) is 0 Å². The molecule has 0 spiro atoms. The lowest BCUT2D eigenvalue weighted by atomic mass is 10.3. The van der Waals surface area contributed by atoms with Crippen LogP contribution in [-0.4, -0.2) is 18.3 Å². The Morgan fingerprint density at radius 2 is 1.70 bits per heavy atom. The molecule has 1 aromatic heterocycles. The number of hydrogen-bond acceptors (Lipinski definition) is 5. The van der Waals surface area contributed by atoms with E-state index in [1.165, 1.54) is 12.1 Å². The summed E-state index contributed by atoms with van der Waals surface area (Å²) in [4.78, 5) is 13.7. The molecule has 1 N–H and O–H groups in total. The molecular weight excluding hydrogens is 282 g/mol. The molecule has 0 fully saturated rings. The van der Waals surface area contributed by atoms with Crippen molar-refractivity contribution < 1.29 is 13.3 Å². The third kappa shape index (κ3) is 3.37. The summed E-state index contributed by atoms with van der Waals surface area (Å²) < 4.78 is 26.4. The van der Waals surface area contributed by atoms with Gasteiger partial charge in [0, 0.05) is 31.1 Å². The van der Waals surface area contributed by atoms with Gasteiger partial charge in [0.2, 0.25) is 10.0 Å². The standard InChI is InChI=1S/C12H11N3O4S/c16-15(17)11-1-3-12(4-2-11)20(18,19)14-9-10-5-7-13-8-6-10/h1-8,14H,9H2. The van der Waals surface area contributed by atoms with Gasteiger partial charge in [-0.25, -0.2) is 13.1 Å². The molecule has 20 heavy (non-hydrogen) atoms. The molecule has 7 nitrogen and oxygen atoms in total. The lowest BCUT2D eigenvalue weighted by Gasteiger charge is -2.06. The zero-order chi connectivity index (χ0) is 14.6. The van der Waals surface area contributed by atoms with Gasteiger partial charge in [0.25, 0.3) is 5.69 Å². The van der Waals surface area contributed by atoms with Crippen molar-refractivity contribution in [3.05, 3.63) is 64.5 Å². The summed E-state index contributed by atoms with van der Waals surface area (Å²) in [6.07, 6.45) is 3.13. The van der Waals surface area contributed by atoms with Gasteiger partial charge in [0.05, 0.1) is 9.82 Å². The minimum absolute atomic E-state index is 0.0165. The van der Waals surface area contributed by atoms with Gasteiger partial charge in [0.1, 0.15) is 0 Å². The molecule has 0 amide bonds. The van der Waals surface area contributed by atoms with Crippen LogP contribution in [0.1, 0.15) is 5.56 Å². The lowest BCUT2D eigenvalue weighted by Crippen LogP contribution is -2.23. The first-order chi connectivity index (χ1) is 9.49. The van der Waals surface area contributed by atoms with Crippen molar-refractivity contribution in [2.75, 3.05) is 0 Å². The van der Waals surface area contributed by atoms with Crippen LogP contribution >= 0.6 is 0 Å². The predicted octanol–water partition coefficient (Wildman–Crippen LogP) is 1.47. The van der Waals surface area contributed by atoms with Crippen LogP contribution in [0.5, 0.6) is 0 Å². The van der Waals surface area contributed by atoms with Gasteiger partial charge in [-0.15, -0.1) is 0 Å². The molecule has 1 aromatic carbocycles. The number of nitrogens with zero attached hydrogens (tertiary/aromatic N) is 2. The fraction of sp³-hybridized carbons (Fsp3) is 0.0833. The second-order valence-electron chi connectivity index (χ2n) is 3.93. The maximum Gasteiger partial charge on any atom is 0.269 e. The van der Waals surface area contributed by atoms with Gasteiger partial charge in [0.15, 0.2) is 0 Å². The van der Waals surface area contributed by atoms with Crippen LogP contribution in [0.2, 0.25) is 0 Å². The number of pyridine rings is 1. The minimum Gasteiger partial charge on any atom is -0.265 e. The average Bonchev–Trinajstić information content (AvgIpc) is 2.46. The monoisotopic (exact) mass is 293 g/mol. The Bertz CT molecular complexity index is 699. The Morgan fingerprint density at radius 3 is 2.25 bits per heavy atom. The highest BCUT2D eigenvalue weighted by Crippen LogP contribution is 2.15. The maximum atomic E-state index is 12.0. The van der Waals surface area contributed by atoms with Gasteiger partial charge in [-0.3, -0.25) is 15.1 Å². The summed E-state index contributed by atoms with van der Waals surface area (Å²) in [5.41, 5.74) is 0.614. The number of hydrogen-bond donors (Lipinski definition) is 1. The number of sulfonamides is 1. The van der Waals surface area contributed by atoms with E-state index in [1.54, 1.807) is 24.5 Å². The summed E-state index contributed by atoms with van der Waals surface area (Å²) in [5.74, 6) is 0. The molecule has 0 saturated carbocycles. The first-order valence-corrected chi connectivity index (χ1v) is 7.10. The third-order valence-electron chi connectivity index (χ3n) is 2.57. The van der Waals surface area contributed by atoms with E-state index in [0.717, 1.165) is 17.7 Å². The first-order valence-electron chi connectivity index (χ1n) is 5.62. The topological polar surface area (TPSA) is 102 Å². The van der Waals surface area contributed by atoms with E-state index in [2.05, 4.69) is 9.71 Å². The highest BCUT2D eigenvalue weighted by Gasteiger charge is 2.15. The van der Waals surface area contributed by atoms with Crippen LogP contribution in [0.4, 0.5) is 5.69 Å². The molecule has 0 atom stereocenters. The molecule has 0 aliphatic rings. The number of nitro groups is 1. The zero-order valence-electron chi connectivity index (χ0n) is 10.3. The van der Waals surface area contributed by atoms with Crippen molar-refractivity contribution in [2.45, 2.75) is 11.4 Å². The largest absolute Gasteiger partial charge is 0.269 e. The molecule has 2 aromatic rings. The molecule has 0 unspecified atom stereocenters. The van der Waals surface area contributed by atoms with Crippen LogP contribution in [-0.2, 0) is 16.6 Å². The highest BCUT2D eigenvalue weighted by molar-refractivity contribution is 7.89. The van der Waals surface area contributed by atoms with Crippen molar-refractivity contribution in [1.82, 2.24) is 9.71 Å². The second kappa shape index (κ2) is 5.76. The molecule has 0 radical (unpaired) electrons. The van der Waals surface area contributed by atoms with Gasteiger partial charge in [-0.05, 0) is 29.8 Å². The van der Waals surface area contributed by atoms with Gasteiger partial charge in [-0.1, -0.05) is 0 Å². The van der Waals surface area contributed by atoms with Crippen LogP contribution in [0, 0.1) is 10.1 Å². The summed E-state index contributed by atoms with van der Waals surface area (Å²) in [6, 6.07) is 8.10. The molecule has 0 aliphatic heterocycles. The van der Waals surface area contributed by atoms with Crippen molar-refractivity contribution in [3.8, 4) is 0 Å². The summed E-state index contributed by atoms with van der Waals surface area (Å²) in [6.45, 7) is 0.127. The molecule has 8 heteroatoms. The molecule has 0 saturated heterocycles. The Hall–Kier alpha value is -2.32. The Balaban J connectivity index is 2.12. The number of nitro benzene ring substituents is 1. The van der Waals surface area contributed by atoms with E-state index >= 15 is 0 Å².